The number of rotatable bonds is 0. The average Bonchev–Trinajstić information content (AvgIpc) is 2.99. The van der Waals surface area contributed by atoms with Crippen LogP contribution in [0.5, 0.6) is 0 Å². The summed E-state index contributed by atoms with van der Waals surface area (Å²) in [5.74, 6) is 0. The third-order valence-electron chi connectivity index (χ3n) is 5.93. The molecule has 2 nitrogen and oxygen atoms in total. The fraction of sp³-hybridized carbons (Fsp3) is 0.273. The fourth-order valence-electron chi connectivity index (χ4n) is 4.77. The van der Waals surface area contributed by atoms with Crippen LogP contribution in [-0.4, -0.2) is 20.1 Å². The van der Waals surface area contributed by atoms with Gasteiger partial charge in [-0.3, -0.25) is 4.48 Å². The van der Waals surface area contributed by atoms with E-state index in [4.69, 9.17) is 0 Å². The van der Waals surface area contributed by atoms with E-state index in [0.29, 0.717) is 0 Å². The zero-order chi connectivity index (χ0) is 16.1. The Kier molecular flexibility index (Phi) is 2.98. The molecule has 3 aromatic rings. The number of anilines is 1. The van der Waals surface area contributed by atoms with Crippen molar-refractivity contribution in [2.24, 2.45) is 0 Å². The summed E-state index contributed by atoms with van der Waals surface area (Å²) in [5.41, 5.74) is 5.95. The van der Waals surface area contributed by atoms with Crippen LogP contribution in [0.2, 0.25) is 0 Å². The van der Waals surface area contributed by atoms with Crippen molar-refractivity contribution >= 4 is 22.1 Å². The van der Waals surface area contributed by atoms with Crippen molar-refractivity contribution in [1.82, 2.24) is 4.48 Å². The summed E-state index contributed by atoms with van der Waals surface area (Å²) in [6.07, 6.45) is 1.23. The van der Waals surface area contributed by atoms with E-state index in [2.05, 4.69) is 72.6 Å². The molecule has 0 amide bonds. The van der Waals surface area contributed by atoms with Crippen molar-refractivity contribution in [2.75, 3.05) is 25.0 Å². The van der Waals surface area contributed by atoms with Gasteiger partial charge < -0.3 is 4.90 Å². The quantitative estimate of drug-likeness (QED) is 0.544. The lowest BCUT2D eigenvalue weighted by molar-refractivity contribution is 0.280. The zero-order valence-electron chi connectivity index (χ0n) is 14.2. The van der Waals surface area contributed by atoms with Crippen LogP contribution in [0.15, 0.2) is 60.7 Å². The molecule has 0 bridgehead atoms. The first-order chi connectivity index (χ1) is 11.8. The number of quaternary nitrogens is 1. The molecule has 0 fully saturated rings. The van der Waals surface area contributed by atoms with E-state index in [-0.39, 0.29) is 0 Å². The standard InChI is InChI=1S/C22H23N2/c1-23-13-6-14-24(15-18-7-2-3-8-19(18)16-24)21-12-5-10-17-9-4-11-20(23)22(17)21/h2-5,7-12H,6,13-16H2,1H3/q+1. The summed E-state index contributed by atoms with van der Waals surface area (Å²) in [5, 5.41) is 2.82. The molecule has 0 unspecified atom stereocenters. The van der Waals surface area contributed by atoms with Crippen molar-refractivity contribution in [3.63, 3.8) is 0 Å². The Morgan fingerprint density at radius 2 is 1.54 bits per heavy atom. The number of fused-ring (bicyclic) bond motifs is 2. The summed E-state index contributed by atoms with van der Waals surface area (Å²) >= 11 is 0. The van der Waals surface area contributed by atoms with E-state index in [0.717, 1.165) is 24.1 Å². The second-order valence-electron chi connectivity index (χ2n) is 7.38. The van der Waals surface area contributed by atoms with Gasteiger partial charge in [0, 0.05) is 31.1 Å². The Balaban J connectivity index is 1.79. The highest BCUT2D eigenvalue weighted by Gasteiger charge is 2.40. The maximum absolute atomic E-state index is 2.44. The highest BCUT2D eigenvalue weighted by molar-refractivity contribution is 6.03. The van der Waals surface area contributed by atoms with Crippen LogP contribution >= 0.6 is 0 Å². The van der Waals surface area contributed by atoms with E-state index in [9.17, 15) is 0 Å². The summed E-state index contributed by atoms with van der Waals surface area (Å²) < 4.78 is 1.08. The molecule has 3 aromatic carbocycles. The zero-order valence-corrected chi connectivity index (χ0v) is 14.2. The number of hydrogen-bond donors (Lipinski definition) is 0. The SMILES string of the molecule is CN1CCC[N+]2(Cc3ccccc3C2)c2cccc3cccc1c23. The van der Waals surface area contributed by atoms with E-state index >= 15 is 0 Å². The van der Waals surface area contributed by atoms with Crippen molar-refractivity contribution < 1.29 is 0 Å². The molecule has 0 saturated heterocycles. The van der Waals surface area contributed by atoms with Gasteiger partial charge in [0.2, 0.25) is 0 Å². The molecule has 120 valence electrons. The number of benzene rings is 3. The molecule has 0 aliphatic carbocycles. The molecule has 0 saturated carbocycles. The van der Waals surface area contributed by atoms with Crippen molar-refractivity contribution in [1.29, 1.82) is 0 Å². The lowest BCUT2D eigenvalue weighted by Gasteiger charge is -2.38. The van der Waals surface area contributed by atoms with Crippen LogP contribution in [0.4, 0.5) is 11.4 Å². The average molecular weight is 315 g/mol. The fourth-order valence-corrected chi connectivity index (χ4v) is 4.77. The molecule has 1 spiro atoms. The van der Waals surface area contributed by atoms with E-state index in [1.54, 1.807) is 0 Å². The molecule has 0 atom stereocenters. The van der Waals surface area contributed by atoms with Gasteiger partial charge in [-0.15, -0.1) is 0 Å². The van der Waals surface area contributed by atoms with Crippen molar-refractivity contribution in [3.8, 4) is 0 Å². The Hall–Kier alpha value is -2.32. The second-order valence-corrected chi connectivity index (χ2v) is 7.38. The van der Waals surface area contributed by atoms with Gasteiger partial charge in [0.15, 0.2) is 0 Å². The van der Waals surface area contributed by atoms with Crippen LogP contribution in [0.1, 0.15) is 17.5 Å². The van der Waals surface area contributed by atoms with Gasteiger partial charge in [-0.05, 0) is 17.5 Å². The third-order valence-corrected chi connectivity index (χ3v) is 5.93. The van der Waals surface area contributed by atoms with Gasteiger partial charge >= 0.3 is 0 Å². The largest absolute Gasteiger partial charge is 0.374 e. The number of nitrogens with zero attached hydrogens (tertiary/aromatic N) is 2. The Morgan fingerprint density at radius 3 is 2.29 bits per heavy atom. The minimum atomic E-state index is 1.08. The van der Waals surface area contributed by atoms with Crippen LogP contribution < -0.4 is 9.38 Å². The normalized spacial score (nSPS) is 18.5. The minimum Gasteiger partial charge on any atom is -0.374 e. The summed E-state index contributed by atoms with van der Waals surface area (Å²) in [6, 6.07) is 22.6. The van der Waals surface area contributed by atoms with Crippen LogP contribution in [0.3, 0.4) is 0 Å². The molecular weight excluding hydrogens is 292 g/mol. The Labute approximate surface area is 143 Å². The van der Waals surface area contributed by atoms with E-state index in [1.807, 2.05) is 0 Å². The molecule has 0 radical (unpaired) electrons. The van der Waals surface area contributed by atoms with E-state index in [1.165, 1.54) is 46.2 Å². The first-order valence-electron chi connectivity index (χ1n) is 8.93. The highest BCUT2D eigenvalue weighted by Crippen LogP contribution is 2.44. The van der Waals surface area contributed by atoms with Gasteiger partial charge in [-0.25, -0.2) is 0 Å². The molecule has 0 N–H and O–H groups in total. The third kappa shape index (κ3) is 1.93. The Morgan fingerprint density at radius 1 is 0.833 bits per heavy atom. The molecule has 5 rings (SSSR count). The van der Waals surface area contributed by atoms with Gasteiger partial charge in [-0.2, -0.15) is 0 Å². The first-order valence-corrected chi connectivity index (χ1v) is 8.93. The number of hydrogen-bond acceptors (Lipinski definition) is 1. The van der Waals surface area contributed by atoms with Gasteiger partial charge in [-0.1, -0.05) is 48.5 Å². The molecule has 2 aliphatic heterocycles. The summed E-state index contributed by atoms with van der Waals surface area (Å²) in [4.78, 5) is 2.44. The predicted octanol–water partition coefficient (Wildman–Crippen LogP) is 4.70. The van der Waals surface area contributed by atoms with Gasteiger partial charge in [0.1, 0.15) is 18.8 Å². The predicted molar refractivity (Wildman–Crippen MR) is 102 cm³/mol. The first kappa shape index (κ1) is 14.1. The molecule has 0 aromatic heterocycles. The van der Waals surface area contributed by atoms with Gasteiger partial charge in [0.25, 0.3) is 0 Å². The summed E-state index contributed by atoms with van der Waals surface area (Å²) in [6.45, 7) is 4.61. The molecular formula is C22H23N2+. The van der Waals surface area contributed by atoms with Crippen LogP contribution in [-0.2, 0) is 13.1 Å². The van der Waals surface area contributed by atoms with Crippen LogP contribution in [0.25, 0.3) is 10.8 Å². The summed E-state index contributed by atoms with van der Waals surface area (Å²) in [7, 11) is 2.24. The minimum absolute atomic E-state index is 1.08. The molecule has 2 heterocycles. The van der Waals surface area contributed by atoms with Crippen molar-refractivity contribution in [2.45, 2.75) is 19.5 Å². The molecule has 2 aliphatic rings. The maximum atomic E-state index is 2.44. The highest BCUT2D eigenvalue weighted by atomic mass is 15.4. The Bertz CT molecular complexity index is 898. The lowest BCUT2D eigenvalue weighted by atomic mass is 10.0. The lowest BCUT2D eigenvalue weighted by Crippen LogP contribution is -2.46. The topological polar surface area (TPSA) is 3.24 Å². The second kappa shape index (κ2) is 5.09. The van der Waals surface area contributed by atoms with Crippen LogP contribution in [0, 0.1) is 0 Å². The van der Waals surface area contributed by atoms with Crippen molar-refractivity contribution in [3.05, 3.63) is 71.8 Å². The van der Waals surface area contributed by atoms with E-state index < -0.39 is 0 Å². The monoisotopic (exact) mass is 315 g/mol. The maximum Gasteiger partial charge on any atom is 0.143 e. The van der Waals surface area contributed by atoms with Gasteiger partial charge in [0.05, 0.1) is 17.6 Å². The molecule has 2 heteroatoms. The smallest absolute Gasteiger partial charge is 0.143 e. The molecule has 24 heavy (non-hydrogen) atoms.